The Balaban J connectivity index is 1.47. The molecule has 6 nitrogen and oxygen atoms in total. The van der Waals surface area contributed by atoms with Crippen LogP contribution >= 0.6 is 11.6 Å². The van der Waals surface area contributed by atoms with Gasteiger partial charge in [0.1, 0.15) is 10.7 Å². The maximum Gasteiger partial charge on any atom is 0.289 e. The lowest BCUT2D eigenvalue weighted by molar-refractivity contribution is 0.0730. The van der Waals surface area contributed by atoms with E-state index < -0.39 is 0 Å². The maximum absolute atomic E-state index is 13.1. The summed E-state index contributed by atoms with van der Waals surface area (Å²) in [5, 5.41) is 6.09. The molecule has 148 valence electrons. The van der Waals surface area contributed by atoms with E-state index in [0.29, 0.717) is 17.5 Å². The second-order valence-electron chi connectivity index (χ2n) is 7.45. The zero-order chi connectivity index (χ0) is 19.8. The van der Waals surface area contributed by atoms with E-state index in [1.54, 1.807) is 4.68 Å². The lowest BCUT2D eigenvalue weighted by Gasteiger charge is -2.21. The van der Waals surface area contributed by atoms with Crippen molar-refractivity contribution in [3.63, 3.8) is 0 Å². The molecule has 1 saturated heterocycles. The maximum atomic E-state index is 13.1. The Kier molecular flexibility index (Phi) is 5.17. The summed E-state index contributed by atoms with van der Waals surface area (Å²) in [5.41, 5.74) is 3.71. The van der Waals surface area contributed by atoms with Gasteiger partial charge in [0.05, 0.1) is 5.69 Å². The van der Waals surface area contributed by atoms with Gasteiger partial charge in [-0.25, -0.2) is 0 Å². The smallest absolute Gasteiger partial charge is 0.289 e. The van der Waals surface area contributed by atoms with E-state index in [0.717, 1.165) is 60.4 Å². The van der Waals surface area contributed by atoms with Crippen LogP contribution in [0.4, 0.5) is 0 Å². The summed E-state index contributed by atoms with van der Waals surface area (Å²) >= 11 is 6.39. The molecule has 0 unspecified atom stereocenters. The minimum atomic E-state index is -0.0221. The molecule has 2 aromatic heterocycles. The Labute approximate surface area is 169 Å². The number of fused-ring (bicyclic) bond motifs is 1. The number of aryl methyl sites for hydroxylation is 3. The average Bonchev–Trinajstić information content (AvgIpc) is 3.01. The van der Waals surface area contributed by atoms with Crippen LogP contribution < -0.4 is 0 Å². The Morgan fingerprint density at radius 1 is 1.18 bits per heavy atom. The van der Waals surface area contributed by atoms with Crippen molar-refractivity contribution in [3.8, 4) is 0 Å². The fraction of sp³-hybridized carbons (Fsp3) is 0.429. The monoisotopic (exact) mass is 400 g/mol. The first-order valence-corrected chi connectivity index (χ1v) is 10.0. The molecular weight excluding hydrogens is 376 g/mol. The molecule has 3 aromatic rings. The lowest BCUT2D eigenvalue weighted by atomic mass is 10.1. The van der Waals surface area contributed by atoms with Crippen LogP contribution in [0.25, 0.3) is 11.0 Å². The zero-order valence-electron chi connectivity index (χ0n) is 16.5. The summed E-state index contributed by atoms with van der Waals surface area (Å²) in [6, 6.07) is 7.79. The van der Waals surface area contributed by atoms with Crippen LogP contribution in [-0.4, -0.2) is 51.7 Å². The van der Waals surface area contributed by atoms with Crippen molar-refractivity contribution in [2.75, 3.05) is 26.2 Å². The standard InChI is InChI=1S/C21H25ClN4O2/c1-14-16-7-4-5-8-18(16)28-19(14)21(27)26-10-6-9-25(11-12-26)13-17-15(2)23-24(3)20(17)22/h4-5,7-8H,6,9-13H2,1-3H3. The molecule has 28 heavy (non-hydrogen) atoms. The van der Waals surface area contributed by atoms with E-state index in [1.165, 1.54) is 0 Å². The van der Waals surface area contributed by atoms with Crippen LogP contribution in [0.15, 0.2) is 28.7 Å². The van der Waals surface area contributed by atoms with Crippen LogP contribution in [0.5, 0.6) is 0 Å². The van der Waals surface area contributed by atoms with Gasteiger partial charge in [0.15, 0.2) is 5.76 Å². The Morgan fingerprint density at radius 2 is 1.96 bits per heavy atom. The molecule has 1 aromatic carbocycles. The largest absolute Gasteiger partial charge is 0.451 e. The van der Waals surface area contributed by atoms with E-state index in [9.17, 15) is 4.79 Å². The minimum absolute atomic E-state index is 0.0221. The van der Waals surface area contributed by atoms with Gasteiger partial charge in [-0.1, -0.05) is 29.8 Å². The fourth-order valence-electron chi connectivity index (χ4n) is 3.93. The number of carbonyl (C=O) groups is 1. The van der Waals surface area contributed by atoms with E-state index in [4.69, 9.17) is 16.0 Å². The second-order valence-corrected chi connectivity index (χ2v) is 7.81. The highest BCUT2D eigenvalue weighted by molar-refractivity contribution is 6.30. The highest BCUT2D eigenvalue weighted by atomic mass is 35.5. The van der Waals surface area contributed by atoms with Gasteiger partial charge in [-0.15, -0.1) is 0 Å². The molecule has 0 radical (unpaired) electrons. The topological polar surface area (TPSA) is 54.5 Å². The van der Waals surface area contributed by atoms with Gasteiger partial charge < -0.3 is 9.32 Å². The number of para-hydroxylation sites is 1. The van der Waals surface area contributed by atoms with Crippen molar-refractivity contribution in [1.29, 1.82) is 0 Å². The second kappa shape index (κ2) is 7.60. The minimum Gasteiger partial charge on any atom is -0.451 e. The molecule has 0 aliphatic carbocycles. The first kappa shape index (κ1) is 19.0. The van der Waals surface area contributed by atoms with Gasteiger partial charge >= 0.3 is 0 Å². The number of halogens is 1. The molecule has 1 fully saturated rings. The molecule has 0 bridgehead atoms. The van der Waals surface area contributed by atoms with Crippen molar-refractivity contribution in [2.24, 2.45) is 7.05 Å². The van der Waals surface area contributed by atoms with E-state index >= 15 is 0 Å². The summed E-state index contributed by atoms with van der Waals surface area (Å²) in [5.74, 6) is 0.437. The van der Waals surface area contributed by atoms with Gasteiger partial charge in [-0.3, -0.25) is 14.4 Å². The summed E-state index contributed by atoms with van der Waals surface area (Å²) < 4.78 is 7.59. The number of benzene rings is 1. The van der Waals surface area contributed by atoms with E-state index in [2.05, 4.69) is 10.00 Å². The molecule has 1 aliphatic heterocycles. The summed E-state index contributed by atoms with van der Waals surface area (Å²) in [6.45, 7) is 7.82. The predicted octanol–water partition coefficient (Wildman–Crippen LogP) is 3.78. The van der Waals surface area contributed by atoms with Gasteiger partial charge in [0.2, 0.25) is 0 Å². The Bertz CT molecular complexity index is 1020. The molecule has 0 atom stereocenters. The number of amides is 1. The number of furan rings is 1. The third-order valence-corrected chi connectivity index (χ3v) is 6.04. The third-order valence-electron chi connectivity index (χ3n) is 5.57. The predicted molar refractivity (Wildman–Crippen MR) is 110 cm³/mol. The summed E-state index contributed by atoms with van der Waals surface area (Å²) in [4.78, 5) is 17.3. The highest BCUT2D eigenvalue weighted by Crippen LogP contribution is 2.26. The van der Waals surface area contributed by atoms with Crippen LogP contribution in [-0.2, 0) is 13.6 Å². The normalized spacial score (nSPS) is 15.9. The van der Waals surface area contributed by atoms with Gasteiger partial charge in [-0.05, 0) is 26.3 Å². The lowest BCUT2D eigenvalue weighted by Crippen LogP contribution is -2.35. The first-order valence-electron chi connectivity index (χ1n) is 9.63. The molecule has 3 heterocycles. The third kappa shape index (κ3) is 3.42. The van der Waals surface area contributed by atoms with E-state index in [1.807, 2.05) is 50.1 Å². The quantitative estimate of drug-likeness (QED) is 0.671. The molecule has 0 spiro atoms. The van der Waals surface area contributed by atoms with Crippen molar-refractivity contribution in [1.82, 2.24) is 19.6 Å². The summed E-state index contributed by atoms with van der Waals surface area (Å²) in [7, 11) is 1.86. The van der Waals surface area contributed by atoms with Crippen LogP contribution in [0.3, 0.4) is 0 Å². The van der Waals surface area contributed by atoms with Gasteiger partial charge in [0, 0.05) is 56.3 Å². The van der Waals surface area contributed by atoms with Gasteiger partial charge in [0.25, 0.3) is 5.91 Å². The first-order chi connectivity index (χ1) is 13.5. The van der Waals surface area contributed by atoms with E-state index in [-0.39, 0.29) is 5.91 Å². The number of hydrogen-bond donors (Lipinski definition) is 0. The number of aromatic nitrogens is 2. The van der Waals surface area contributed by atoms with Crippen molar-refractivity contribution < 1.29 is 9.21 Å². The van der Waals surface area contributed by atoms with Crippen molar-refractivity contribution in [3.05, 3.63) is 52.0 Å². The average molecular weight is 401 g/mol. The highest BCUT2D eigenvalue weighted by Gasteiger charge is 2.26. The molecule has 7 heteroatoms. The van der Waals surface area contributed by atoms with Crippen molar-refractivity contribution in [2.45, 2.75) is 26.8 Å². The Hall–Kier alpha value is -2.31. The van der Waals surface area contributed by atoms with Gasteiger partial charge in [-0.2, -0.15) is 5.10 Å². The molecule has 0 N–H and O–H groups in total. The van der Waals surface area contributed by atoms with Crippen LogP contribution in [0.1, 0.15) is 33.8 Å². The van der Waals surface area contributed by atoms with Crippen LogP contribution in [0, 0.1) is 13.8 Å². The molecule has 4 rings (SSSR count). The Morgan fingerprint density at radius 3 is 2.68 bits per heavy atom. The van der Waals surface area contributed by atoms with Crippen LogP contribution in [0.2, 0.25) is 5.15 Å². The number of nitrogens with zero attached hydrogens (tertiary/aromatic N) is 4. The SMILES string of the molecule is Cc1nn(C)c(Cl)c1CN1CCCN(C(=O)c2oc3ccccc3c2C)CC1. The zero-order valence-corrected chi connectivity index (χ0v) is 17.3. The molecule has 1 amide bonds. The molecule has 0 saturated carbocycles. The number of carbonyl (C=O) groups excluding carboxylic acids is 1. The number of hydrogen-bond acceptors (Lipinski definition) is 4. The number of rotatable bonds is 3. The van der Waals surface area contributed by atoms with Crippen molar-refractivity contribution >= 4 is 28.5 Å². The fourth-order valence-corrected chi connectivity index (χ4v) is 4.17. The molecular formula is C21H25ClN4O2. The molecule has 1 aliphatic rings. The summed E-state index contributed by atoms with van der Waals surface area (Å²) in [6.07, 6.45) is 0.919.